The van der Waals surface area contributed by atoms with Crippen molar-refractivity contribution in [3.05, 3.63) is 102 Å². The summed E-state index contributed by atoms with van der Waals surface area (Å²) in [6, 6.07) is 11.4. The lowest BCUT2D eigenvalue weighted by Crippen LogP contribution is -2.39. The number of hydrogen-bond acceptors (Lipinski definition) is 6. The number of carbonyl (C=O) groups excluding carboxylic acids is 1. The predicted molar refractivity (Wildman–Crippen MR) is 137 cm³/mol. The van der Waals surface area contributed by atoms with Crippen LogP contribution in [0.4, 0.5) is 0 Å². The molecule has 0 radical (unpaired) electrons. The number of fused-ring (bicyclic) bond motifs is 2. The molecule has 1 aliphatic rings. The molecule has 4 heterocycles. The molecule has 5 rings (SSSR count). The first-order valence-corrected chi connectivity index (χ1v) is 12.6. The molecular formula is C26H23N3O3S2. The van der Waals surface area contributed by atoms with Crippen molar-refractivity contribution in [2.75, 3.05) is 6.61 Å². The van der Waals surface area contributed by atoms with Crippen LogP contribution in [0.5, 0.6) is 0 Å². The Kier molecular flexibility index (Phi) is 5.93. The highest BCUT2D eigenvalue weighted by molar-refractivity contribution is 7.10. The summed E-state index contributed by atoms with van der Waals surface area (Å²) in [5.41, 5.74) is 2.85. The quantitative estimate of drug-likeness (QED) is 0.304. The number of hydrogen-bond donors (Lipinski definition) is 0. The van der Waals surface area contributed by atoms with Crippen molar-refractivity contribution >= 4 is 45.6 Å². The van der Waals surface area contributed by atoms with Gasteiger partial charge in [-0.1, -0.05) is 41.7 Å². The standard InChI is InChI=1S/C26H23N3O3S2/c1-4-12-28-15-17(18-9-6-7-10-19(18)28)14-21-24(30)29-23(20-11-8-13-33-20)22(25(31)32-5-2)16(3)27-26(29)34-21/h4,6-11,13-15,23H,1,5,12H2,2-3H3/b21-14+. The van der Waals surface area contributed by atoms with Gasteiger partial charge in [-0.25, -0.2) is 9.79 Å². The zero-order valence-electron chi connectivity index (χ0n) is 18.9. The van der Waals surface area contributed by atoms with Crippen LogP contribution in [0.15, 0.2) is 81.7 Å². The minimum Gasteiger partial charge on any atom is -0.463 e. The van der Waals surface area contributed by atoms with Gasteiger partial charge in [-0.05, 0) is 37.4 Å². The molecule has 0 saturated carbocycles. The summed E-state index contributed by atoms with van der Waals surface area (Å²) in [5.74, 6) is -0.441. The monoisotopic (exact) mass is 489 g/mol. The molecule has 0 saturated heterocycles. The number of allylic oxidation sites excluding steroid dienone is 2. The van der Waals surface area contributed by atoms with Crippen LogP contribution < -0.4 is 14.9 Å². The van der Waals surface area contributed by atoms with E-state index in [1.807, 2.05) is 48.0 Å². The molecule has 1 atom stereocenters. The highest BCUT2D eigenvalue weighted by Gasteiger charge is 2.33. The molecule has 0 N–H and O–H groups in total. The summed E-state index contributed by atoms with van der Waals surface area (Å²) in [7, 11) is 0. The SMILES string of the molecule is C=CCn1cc(/C=c2/sc3n(c2=O)C(c2cccs2)C(C(=O)OCC)=C(C)N=3)c2ccccc21. The maximum atomic E-state index is 13.7. The highest BCUT2D eigenvalue weighted by Crippen LogP contribution is 2.33. The number of aromatic nitrogens is 2. The average Bonchev–Trinajstić information content (AvgIpc) is 3.54. The van der Waals surface area contributed by atoms with Crippen molar-refractivity contribution in [2.24, 2.45) is 4.99 Å². The summed E-state index contributed by atoms with van der Waals surface area (Å²) >= 11 is 2.84. The maximum absolute atomic E-state index is 13.7. The van der Waals surface area contributed by atoms with Crippen molar-refractivity contribution in [2.45, 2.75) is 26.4 Å². The van der Waals surface area contributed by atoms with E-state index in [2.05, 4.69) is 28.3 Å². The zero-order chi connectivity index (χ0) is 23.8. The maximum Gasteiger partial charge on any atom is 0.338 e. The highest BCUT2D eigenvalue weighted by atomic mass is 32.1. The Labute approximate surface area is 204 Å². The second-order valence-electron chi connectivity index (χ2n) is 7.86. The summed E-state index contributed by atoms with van der Waals surface area (Å²) in [6.07, 6.45) is 5.81. The second-order valence-corrected chi connectivity index (χ2v) is 9.85. The first kappa shape index (κ1) is 22.3. The summed E-state index contributed by atoms with van der Waals surface area (Å²) in [5, 5.41) is 3.01. The molecule has 3 aromatic heterocycles. The summed E-state index contributed by atoms with van der Waals surface area (Å²) in [4.78, 5) is 32.7. The van der Waals surface area contributed by atoms with Crippen LogP contribution in [0, 0.1) is 0 Å². The Morgan fingerprint density at radius 3 is 2.82 bits per heavy atom. The molecule has 0 fully saturated rings. The van der Waals surface area contributed by atoms with Crippen LogP contribution in [0.1, 0.15) is 30.3 Å². The third kappa shape index (κ3) is 3.69. The van der Waals surface area contributed by atoms with Crippen LogP contribution in [0.3, 0.4) is 0 Å². The average molecular weight is 490 g/mol. The minimum absolute atomic E-state index is 0.169. The molecule has 0 bridgehead atoms. The lowest BCUT2D eigenvalue weighted by Gasteiger charge is -2.23. The number of carbonyl (C=O) groups is 1. The van der Waals surface area contributed by atoms with E-state index in [0.717, 1.165) is 21.3 Å². The fourth-order valence-corrected chi connectivity index (χ4v) is 6.19. The van der Waals surface area contributed by atoms with Gasteiger partial charge in [0.15, 0.2) is 4.80 Å². The fraction of sp³-hybridized carbons (Fsp3) is 0.192. The van der Waals surface area contributed by atoms with Crippen molar-refractivity contribution in [1.82, 2.24) is 9.13 Å². The van der Waals surface area contributed by atoms with Crippen molar-refractivity contribution in [3.8, 4) is 0 Å². The number of thiophene rings is 1. The number of ether oxygens (including phenoxy) is 1. The van der Waals surface area contributed by atoms with Gasteiger partial charge >= 0.3 is 5.97 Å². The van der Waals surface area contributed by atoms with E-state index in [-0.39, 0.29) is 12.2 Å². The van der Waals surface area contributed by atoms with Crippen LogP contribution in [-0.4, -0.2) is 21.7 Å². The van der Waals surface area contributed by atoms with E-state index in [4.69, 9.17) is 4.74 Å². The van der Waals surface area contributed by atoms with E-state index >= 15 is 0 Å². The normalized spacial score (nSPS) is 15.9. The van der Waals surface area contributed by atoms with E-state index < -0.39 is 12.0 Å². The second kappa shape index (κ2) is 9.04. The number of nitrogens with zero attached hydrogens (tertiary/aromatic N) is 3. The van der Waals surface area contributed by atoms with Gasteiger partial charge in [0.2, 0.25) is 0 Å². The van der Waals surface area contributed by atoms with Gasteiger partial charge in [-0.3, -0.25) is 9.36 Å². The van der Waals surface area contributed by atoms with E-state index in [1.165, 1.54) is 22.7 Å². The Morgan fingerprint density at radius 2 is 2.09 bits per heavy atom. The van der Waals surface area contributed by atoms with Crippen LogP contribution in [0.2, 0.25) is 0 Å². The molecular weight excluding hydrogens is 466 g/mol. The summed E-state index contributed by atoms with van der Waals surface area (Å²) in [6.45, 7) is 8.35. The molecule has 0 amide bonds. The van der Waals surface area contributed by atoms with Crippen molar-refractivity contribution < 1.29 is 9.53 Å². The van der Waals surface area contributed by atoms with Gasteiger partial charge in [-0.15, -0.1) is 17.9 Å². The van der Waals surface area contributed by atoms with Crippen LogP contribution in [-0.2, 0) is 16.1 Å². The minimum atomic E-state index is -0.556. The smallest absolute Gasteiger partial charge is 0.338 e. The zero-order valence-corrected chi connectivity index (χ0v) is 20.5. The van der Waals surface area contributed by atoms with Gasteiger partial charge in [0.05, 0.1) is 22.4 Å². The van der Waals surface area contributed by atoms with Crippen molar-refractivity contribution in [1.29, 1.82) is 0 Å². The lowest BCUT2D eigenvalue weighted by molar-refractivity contribution is -0.139. The molecule has 1 aliphatic heterocycles. The van der Waals surface area contributed by atoms with Crippen LogP contribution >= 0.6 is 22.7 Å². The molecule has 6 nitrogen and oxygen atoms in total. The Morgan fingerprint density at radius 1 is 1.26 bits per heavy atom. The number of para-hydroxylation sites is 1. The molecule has 4 aromatic rings. The fourth-order valence-electron chi connectivity index (χ4n) is 4.33. The number of esters is 1. The lowest BCUT2D eigenvalue weighted by atomic mass is 10.0. The third-order valence-corrected chi connectivity index (χ3v) is 7.67. The molecule has 1 unspecified atom stereocenters. The van der Waals surface area contributed by atoms with Gasteiger partial charge in [0, 0.05) is 34.1 Å². The Balaban J connectivity index is 1.73. The van der Waals surface area contributed by atoms with Crippen LogP contribution in [0.25, 0.3) is 17.0 Å². The summed E-state index contributed by atoms with van der Waals surface area (Å²) < 4.78 is 9.64. The molecule has 0 aliphatic carbocycles. The topological polar surface area (TPSA) is 65.6 Å². The first-order chi connectivity index (χ1) is 16.5. The van der Waals surface area contributed by atoms with Crippen molar-refractivity contribution in [3.63, 3.8) is 0 Å². The van der Waals surface area contributed by atoms with Gasteiger partial charge in [-0.2, -0.15) is 0 Å². The first-order valence-electron chi connectivity index (χ1n) is 10.9. The predicted octanol–water partition coefficient (Wildman–Crippen LogP) is 4.00. The molecule has 34 heavy (non-hydrogen) atoms. The molecule has 0 spiro atoms. The van der Waals surface area contributed by atoms with Gasteiger partial charge in [0.25, 0.3) is 5.56 Å². The number of thiazole rings is 1. The van der Waals surface area contributed by atoms with Gasteiger partial charge < -0.3 is 9.30 Å². The van der Waals surface area contributed by atoms with E-state index in [0.29, 0.717) is 27.1 Å². The number of rotatable bonds is 6. The largest absolute Gasteiger partial charge is 0.463 e. The Bertz CT molecular complexity index is 1620. The number of benzene rings is 1. The third-order valence-electron chi connectivity index (χ3n) is 5.76. The molecule has 1 aromatic carbocycles. The molecule has 8 heteroatoms. The van der Waals surface area contributed by atoms with E-state index in [9.17, 15) is 9.59 Å². The molecule has 172 valence electrons. The Hall–Kier alpha value is -3.49. The van der Waals surface area contributed by atoms with Gasteiger partial charge in [0.1, 0.15) is 6.04 Å². The van der Waals surface area contributed by atoms with E-state index in [1.54, 1.807) is 18.4 Å².